The molecule has 0 aliphatic rings. The van der Waals surface area contributed by atoms with Gasteiger partial charge in [-0.25, -0.2) is 0 Å². The Kier molecular flexibility index (Phi) is 6.57. The van der Waals surface area contributed by atoms with E-state index in [4.69, 9.17) is 11.6 Å². The summed E-state index contributed by atoms with van der Waals surface area (Å²) in [4.78, 5) is 11.7. The number of likely N-dealkylation sites (N-methyl/N-ethyl adjacent to an activating group) is 1. The summed E-state index contributed by atoms with van der Waals surface area (Å²) in [6.07, 6.45) is 0. The third-order valence-electron chi connectivity index (χ3n) is 2.03. The van der Waals surface area contributed by atoms with E-state index in [0.717, 1.165) is 6.54 Å². The van der Waals surface area contributed by atoms with Crippen molar-refractivity contribution in [3.8, 4) is 0 Å². The highest BCUT2D eigenvalue weighted by atomic mass is 35.5. The van der Waals surface area contributed by atoms with Crippen LogP contribution < -0.4 is 5.32 Å². The highest BCUT2D eigenvalue weighted by Crippen LogP contribution is 2.11. The number of carbonyl (C=O) groups excluding carboxylic acids is 1. The lowest BCUT2D eigenvalue weighted by Gasteiger charge is -2.10. The van der Waals surface area contributed by atoms with Crippen LogP contribution in [0.15, 0.2) is 24.3 Å². The molecule has 0 radical (unpaired) electrons. The molecule has 1 aromatic rings. The fourth-order valence-corrected chi connectivity index (χ4v) is 1.39. The molecule has 0 heterocycles. The van der Waals surface area contributed by atoms with E-state index in [2.05, 4.69) is 5.32 Å². The second-order valence-electron chi connectivity index (χ2n) is 3.15. The molecule has 84 valence electrons. The van der Waals surface area contributed by atoms with Crippen LogP contribution in [0.5, 0.6) is 0 Å². The molecule has 0 amide bonds. The third-order valence-corrected chi connectivity index (χ3v) is 2.28. The average molecular weight is 248 g/mol. The number of hydrogen-bond acceptors (Lipinski definition) is 2. The van der Waals surface area contributed by atoms with Crippen molar-refractivity contribution in [3.63, 3.8) is 0 Å². The molecule has 0 saturated heterocycles. The highest BCUT2D eigenvalue weighted by Gasteiger charge is 2.12. The van der Waals surface area contributed by atoms with Gasteiger partial charge in [-0.05, 0) is 37.7 Å². The van der Waals surface area contributed by atoms with Crippen LogP contribution in [0.1, 0.15) is 24.2 Å². The summed E-state index contributed by atoms with van der Waals surface area (Å²) in [5, 5.41) is 3.73. The predicted octanol–water partition coefficient (Wildman–Crippen LogP) is 2.94. The van der Waals surface area contributed by atoms with Gasteiger partial charge < -0.3 is 5.32 Å². The summed E-state index contributed by atoms with van der Waals surface area (Å²) < 4.78 is 0. The maximum absolute atomic E-state index is 11.7. The van der Waals surface area contributed by atoms with Gasteiger partial charge in [0.1, 0.15) is 0 Å². The van der Waals surface area contributed by atoms with Gasteiger partial charge in [0.25, 0.3) is 0 Å². The molecule has 0 saturated carbocycles. The Labute approximate surface area is 101 Å². The SMILES string of the molecule is CCNC(C)C(=O)c1ccc(Cl)cc1.Cl. The van der Waals surface area contributed by atoms with Crippen LogP contribution in [-0.2, 0) is 0 Å². The second-order valence-corrected chi connectivity index (χ2v) is 3.59. The number of halogens is 2. The largest absolute Gasteiger partial charge is 0.308 e. The van der Waals surface area contributed by atoms with Crippen molar-refractivity contribution in [3.05, 3.63) is 34.9 Å². The van der Waals surface area contributed by atoms with Gasteiger partial charge in [-0.2, -0.15) is 0 Å². The number of ketones is 1. The summed E-state index contributed by atoms with van der Waals surface area (Å²) in [6.45, 7) is 4.63. The van der Waals surface area contributed by atoms with Crippen molar-refractivity contribution in [1.29, 1.82) is 0 Å². The van der Waals surface area contributed by atoms with Gasteiger partial charge in [-0.3, -0.25) is 4.79 Å². The second kappa shape index (κ2) is 6.83. The molecule has 0 aromatic heterocycles. The van der Waals surface area contributed by atoms with Crippen LogP contribution >= 0.6 is 24.0 Å². The van der Waals surface area contributed by atoms with Gasteiger partial charge in [-0.1, -0.05) is 18.5 Å². The summed E-state index contributed by atoms with van der Waals surface area (Å²) in [5.41, 5.74) is 0.697. The third kappa shape index (κ3) is 4.20. The molecule has 1 rings (SSSR count). The fourth-order valence-electron chi connectivity index (χ4n) is 1.26. The molecule has 0 aliphatic carbocycles. The number of carbonyl (C=O) groups is 1. The van der Waals surface area contributed by atoms with Crippen molar-refractivity contribution < 1.29 is 4.79 Å². The molecule has 2 nitrogen and oxygen atoms in total. The first-order chi connectivity index (χ1) is 6.65. The van der Waals surface area contributed by atoms with E-state index in [1.54, 1.807) is 24.3 Å². The van der Waals surface area contributed by atoms with Crippen LogP contribution in [0.3, 0.4) is 0 Å². The minimum absolute atomic E-state index is 0. The first-order valence-corrected chi connectivity index (χ1v) is 5.06. The summed E-state index contributed by atoms with van der Waals surface area (Å²) in [7, 11) is 0. The summed E-state index contributed by atoms with van der Waals surface area (Å²) in [5.74, 6) is 0.100. The average Bonchev–Trinajstić information content (AvgIpc) is 2.18. The molecule has 15 heavy (non-hydrogen) atoms. The molecule has 1 N–H and O–H groups in total. The fraction of sp³-hybridized carbons (Fsp3) is 0.364. The molecule has 0 spiro atoms. The van der Waals surface area contributed by atoms with Gasteiger partial charge >= 0.3 is 0 Å². The van der Waals surface area contributed by atoms with Crippen LogP contribution in [0, 0.1) is 0 Å². The number of nitrogens with one attached hydrogen (secondary N) is 1. The zero-order valence-electron chi connectivity index (χ0n) is 8.79. The van der Waals surface area contributed by atoms with Gasteiger partial charge in [0, 0.05) is 10.6 Å². The summed E-state index contributed by atoms with van der Waals surface area (Å²) in [6, 6.07) is 6.82. The Morgan fingerprint density at radius 2 is 1.93 bits per heavy atom. The highest BCUT2D eigenvalue weighted by molar-refractivity contribution is 6.30. The minimum Gasteiger partial charge on any atom is -0.308 e. The lowest BCUT2D eigenvalue weighted by Crippen LogP contribution is -2.33. The van der Waals surface area contributed by atoms with Gasteiger partial charge in [0.05, 0.1) is 6.04 Å². The van der Waals surface area contributed by atoms with Gasteiger partial charge in [-0.15, -0.1) is 12.4 Å². The van der Waals surface area contributed by atoms with Crippen molar-refractivity contribution in [2.45, 2.75) is 19.9 Å². The standard InChI is InChI=1S/C11H14ClNO.ClH/c1-3-13-8(2)11(14)9-4-6-10(12)7-5-9;/h4-8,13H,3H2,1-2H3;1H. The lowest BCUT2D eigenvalue weighted by atomic mass is 10.1. The van der Waals surface area contributed by atoms with E-state index in [1.807, 2.05) is 13.8 Å². The normalized spacial score (nSPS) is 11.7. The zero-order chi connectivity index (χ0) is 10.6. The molecule has 1 unspecified atom stereocenters. The van der Waals surface area contributed by atoms with Crippen LogP contribution in [-0.4, -0.2) is 18.4 Å². The molecule has 1 atom stereocenters. The van der Waals surface area contributed by atoms with Crippen molar-refractivity contribution >= 4 is 29.8 Å². The zero-order valence-corrected chi connectivity index (χ0v) is 10.4. The van der Waals surface area contributed by atoms with E-state index in [0.29, 0.717) is 10.6 Å². The van der Waals surface area contributed by atoms with Crippen molar-refractivity contribution in [2.24, 2.45) is 0 Å². The lowest BCUT2D eigenvalue weighted by molar-refractivity contribution is 0.0952. The van der Waals surface area contributed by atoms with Gasteiger partial charge in [0.15, 0.2) is 5.78 Å². The van der Waals surface area contributed by atoms with Crippen LogP contribution in [0.2, 0.25) is 5.02 Å². The van der Waals surface area contributed by atoms with E-state index < -0.39 is 0 Å². The number of Topliss-reactive ketones (excluding diaryl/α,β-unsaturated/α-hetero) is 1. The van der Waals surface area contributed by atoms with Crippen LogP contribution in [0.4, 0.5) is 0 Å². The van der Waals surface area contributed by atoms with E-state index >= 15 is 0 Å². The van der Waals surface area contributed by atoms with Gasteiger partial charge in [0.2, 0.25) is 0 Å². The Hall–Kier alpha value is -0.570. The quantitative estimate of drug-likeness (QED) is 0.830. The smallest absolute Gasteiger partial charge is 0.179 e. The molecular formula is C11H15Cl2NO. The monoisotopic (exact) mass is 247 g/mol. The Balaban J connectivity index is 0.00000196. The molecule has 0 fully saturated rings. The van der Waals surface area contributed by atoms with E-state index in [-0.39, 0.29) is 24.2 Å². The van der Waals surface area contributed by atoms with Crippen molar-refractivity contribution in [2.75, 3.05) is 6.54 Å². The molecule has 0 bridgehead atoms. The number of benzene rings is 1. The van der Waals surface area contributed by atoms with E-state index in [1.165, 1.54) is 0 Å². The number of rotatable bonds is 4. The Morgan fingerprint density at radius 1 is 1.40 bits per heavy atom. The summed E-state index contributed by atoms with van der Waals surface area (Å²) >= 11 is 5.73. The number of hydrogen-bond donors (Lipinski definition) is 1. The molecular weight excluding hydrogens is 233 g/mol. The van der Waals surface area contributed by atoms with E-state index in [9.17, 15) is 4.79 Å². The van der Waals surface area contributed by atoms with Crippen LogP contribution in [0.25, 0.3) is 0 Å². The minimum atomic E-state index is -0.138. The molecule has 1 aromatic carbocycles. The maximum Gasteiger partial charge on any atom is 0.179 e. The Morgan fingerprint density at radius 3 is 2.40 bits per heavy atom. The van der Waals surface area contributed by atoms with Crippen molar-refractivity contribution in [1.82, 2.24) is 5.32 Å². The topological polar surface area (TPSA) is 29.1 Å². The Bertz CT molecular complexity index is 311. The molecule has 4 heteroatoms. The first-order valence-electron chi connectivity index (χ1n) is 4.68. The predicted molar refractivity (Wildman–Crippen MR) is 66.2 cm³/mol. The molecule has 0 aliphatic heterocycles. The maximum atomic E-state index is 11.7. The first kappa shape index (κ1) is 14.4.